The maximum Gasteiger partial charge on any atom is 0.220 e. The van der Waals surface area contributed by atoms with Crippen LogP contribution < -0.4 is 0 Å². The second kappa shape index (κ2) is 13.8. The van der Waals surface area contributed by atoms with Crippen molar-refractivity contribution in [1.82, 2.24) is 29.5 Å². The van der Waals surface area contributed by atoms with Crippen LogP contribution in [0.4, 0.5) is 0 Å². The topological polar surface area (TPSA) is 98.3 Å². The highest BCUT2D eigenvalue weighted by atomic mass is 35.5. The van der Waals surface area contributed by atoms with E-state index in [1.165, 1.54) is 0 Å². The smallest absolute Gasteiger partial charge is 0.220 e. The molecule has 4 unspecified atom stereocenters. The Hall–Kier alpha value is -2.28. The van der Waals surface area contributed by atoms with Crippen LogP contribution in [0.25, 0.3) is 11.6 Å². The van der Waals surface area contributed by atoms with Crippen LogP contribution in [0.5, 0.6) is 0 Å². The van der Waals surface area contributed by atoms with Crippen LogP contribution in [0.15, 0.2) is 49.1 Å². The lowest BCUT2D eigenvalue weighted by Crippen LogP contribution is -2.30. The van der Waals surface area contributed by atoms with Crippen LogP contribution in [0.3, 0.4) is 0 Å². The van der Waals surface area contributed by atoms with Crippen molar-refractivity contribution in [2.24, 2.45) is 0 Å². The molecule has 0 amide bonds. The molecule has 2 aliphatic rings. The number of hydrogen-bond acceptors (Lipinski definition) is 8. The Labute approximate surface area is 281 Å². The molecule has 240 valence electrons. The minimum Gasteiger partial charge on any atom is -0.343 e. The second-order valence-corrected chi connectivity index (χ2v) is 12.9. The summed E-state index contributed by atoms with van der Waals surface area (Å²) < 4.78 is 28.8. The fourth-order valence-electron chi connectivity index (χ4n) is 5.74. The average molecular weight is 696 g/mol. The minimum absolute atomic E-state index is 0.0241. The zero-order valence-corrected chi connectivity index (χ0v) is 28.0. The maximum absolute atomic E-state index is 6.61. The van der Waals surface area contributed by atoms with Crippen LogP contribution in [0.1, 0.15) is 57.1 Å². The van der Waals surface area contributed by atoms with E-state index in [1.54, 1.807) is 46.3 Å². The molecule has 0 spiro atoms. The molecule has 0 aliphatic carbocycles. The van der Waals surface area contributed by atoms with Crippen molar-refractivity contribution in [3.8, 4) is 11.6 Å². The number of ether oxygens (including phenoxy) is 4. The molecule has 0 N–H and O–H groups in total. The molecule has 2 aliphatic heterocycles. The van der Waals surface area contributed by atoms with Gasteiger partial charge in [0.1, 0.15) is 12.7 Å². The van der Waals surface area contributed by atoms with Gasteiger partial charge in [0.25, 0.3) is 0 Å². The summed E-state index contributed by atoms with van der Waals surface area (Å²) in [5.41, 5.74) is 1.48. The molecule has 6 rings (SSSR count). The summed E-state index contributed by atoms with van der Waals surface area (Å²) in [6.45, 7) is 6.06. The van der Waals surface area contributed by atoms with E-state index in [9.17, 15) is 0 Å². The molecule has 14 heteroatoms. The first kappa shape index (κ1) is 32.7. The fraction of sp³-hybridized carbons (Fsp3) is 0.484. The lowest BCUT2D eigenvalue weighted by atomic mass is 10.0. The van der Waals surface area contributed by atoms with Gasteiger partial charge >= 0.3 is 0 Å². The van der Waals surface area contributed by atoms with Gasteiger partial charge in [-0.3, -0.25) is 9.36 Å². The van der Waals surface area contributed by atoms with Crippen LogP contribution in [-0.2, 0) is 43.6 Å². The molecule has 0 radical (unpaired) electrons. The first-order valence-electron chi connectivity index (χ1n) is 15.1. The van der Waals surface area contributed by atoms with E-state index in [2.05, 4.69) is 34.0 Å². The Morgan fingerprint density at radius 1 is 0.733 bits per heavy atom. The summed E-state index contributed by atoms with van der Waals surface area (Å²) in [6.07, 6.45) is 6.85. The zero-order chi connectivity index (χ0) is 31.6. The molecule has 2 aromatic heterocycles. The van der Waals surface area contributed by atoms with Crippen molar-refractivity contribution >= 4 is 46.4 Å². The monoisotopic (exact) mass is 694 g/mol. The Kier molecular flexibility index (Phi) is 10.0. The highest BCUT2D eigenvalue weighted by Gasteiger charge is 2.45. The van der Waals surface area contributed by atoms with E-state index in [0.717, 1.165) is 30.4 Å². The summed E-state index contributed by atoms with van der Waals surface area (Å²) in [7, 11) is 0. The van der Waals surface area contributed by atoms with Crippen LogP contribution in [0, 0.1) is 0 Å². The number of rotatable bonds is 12. The minimum atomic E-state index is -1.02. The normalized spacial score (nSPS) is 24.9. The van der Waals surface area contributed by atoms with Gasteiger partial charge in [-0.15, -0.1) is 10.2 Å². The third-order valence-electron chi connectivity index (χ3n) is 8.08. The van der Waals surface area contributed by atoms with Gasteiger partial charge in [-0.1, -0.05) is 78.8 Å². The maximum atomic E-state index is 6.61. The first-order chi connectivity index (χ1) is 21.7. The summed E-state index contributed by atoms with van der Waals surface area (Å²) in [5.74, 6) is -1.23. The molecule has 10 nitrogen and oxygen atoms in total. The van der Waals surface area contributed by atoms with Crippen molar-refractivity contribution in [2.45, 2.75) is 82.8 Å². The molecule has 4 atom stereocenters. The van der Waals surface area contributed by atoms with Gasteiger partial charge in [0.2, 0.25) is 11.6 Å². The standard InChI is InChI=1S/C31H34Cl4N6O4/c1-3-5-23-17-43-31(45-23,25-9-7-21(33)15-27(25)35)11-13-41-19-37-29(39-41)28-36-18-40(38-28)12-10-30(42-16-22(4-2)44-30)24-8-6-20(32)14-26(24)34/h6-9,14-15,18-19,22-23H,3-5,10-13,16-17H2,1-2H3. The van der Waals surface area contributed by atoms with E-state index in [-0.39, 0.29) is 12.2 Å². The third kappa shape index (κ3) is 7.04. The molecule has 2 fully saturated rings. The average Bonchev–Trinajstić information content (AvgIpc) is 3.82. The zero-order valence-electron chi connectivity index (χ0n) is 25.0. The van der Waals surface area contributed by atoms with E-state index in [4.69, 9.17) is 65.4 Å². The molecule has 2 aromatic carbocycles. The van der Waals surface area contributed by atoms with Crippen molar-refractivity contribution in [3.63, 3.8) is 0 Å². The number of aryl methyl sites for hydroxylation is 2. The summed E-state index contributed by atoms with van der Waals surface area (Å²) in [4.78, 5) is 8.92. The van der Waals surface area contributed by atoms with E-state index in [1.807, 2.05) is 12.1 Å². The molecule has 0 bridgehead atoms. The summed E-state index contributed by atoms with van der Waals surface area (Å²) >= 11 is 25.5. The first-order valence-corrected chi connectivity index (χ1v) is 16.6. The predicted octanol–water partition coefficient (Wildman–Crippen LogP) is 7.68. The van der Waals surface area contributed by atoms with Gasteiger partial charge in [0, 0.05) is 47.1 Å². The van der Waals surface area contributed by atoms with E-state index >= 15 is 0 Å². The number of nitrogens with zero attached hydrogens (tertiary/aromatic N) is 6. The molecule has 4 aromatic rings. The molecular weight excluding hydrogens is 662 g/mol. The number of hydrogen-bond donors (Lipinski definition) is 0. The molecule has 2 saturated heterocycles. The van der Waals surface area contributed by atoms with E-state index < -0.39 is 11.6 Å². The van der Waals surface area contributed by atoms with Gasteiger partial charge in [-0.2, -0.15) is 0 Å². The number of benzene rings is 2. The third-order valence-corrected chi connectivity index (χ3v) is 9.18. The summed E-state index contributed by atoms with van der Waals surface area (Å²) in [6, 6.07) is 10.7. The van der Waals surface area contributed by atoms with Crippen LogP contribution in [0.2, 0.25) is 20.1 Å². The Bertz CT molecular complexity index is 1640. The van der Waals surface area contributed by atoms with Gasteiger partial charge < -0.3 is 18.9 Å². The molecule has 0 saturated carbocycles. The Morgan fingerprint density at radius 3 is 1.67 bits per heavy atom. The fourth-order valence-corrected chi connectivity index (χ4v) is 6.84. The predicted molar refractivity (Wildman–Crippen MR) is 171 cm³/mol. The summed E-state index contributed by atoms with van der Waals surface area (Å²) in [5, 5.41) is 11.3. The lowest BCUT2D eigenvalue weighted by Gasteiger charge is -2.29. The highest BCUT2D eigenvalue weighted by Crippen LogP contribution is 2.44. The van der Waals surface area contributed by atoms with Gasteiger partial charge in [0.05, 0.1) is 35.5 Å². The lowest BCUT2D eigenvalue weighted by molar-refractivity contribution is -0.184. The van der Waals surface area contributed by atoms with Crippen molar-refractivity contribution in [2.75, 3.05) is 13.2 Å². The largest absolute Gasteiger partial charge is 0.343 e. The Morgan fingerprint density at radius 2 is 1.22 bits per heavy atom. The quantitative estimate of drug-likeness (QED) is 0.149. The van der Waals surface area contributed by atoms with Crippen molar-refractivity contribution < 1.29 is 18.9 Å². The Balaban J connectivity index is 1.14. The van der Waals surface area contributed by atoms with Crippen molar-refractivity contribution in [3.05, 3.63) is 80.3 Å². The van der Waals surface area contributed by atoms with Gasteiger partial charge in [-0.05, 0) is 37.1 Å². The second-order valence-electron chi connectivity index (χ2n) is 11.2. The highest BCUT2D eigenvalue weighted by molar-refractivity contribution is 6.35. The SMILES string of the molecule is CCCC1COC(CCn2cnc(-c3ncn(CCC4(c5ccc(Cl)cc5Cl)OCC(CC)O4)n3)n2)(c2ccc(Cl)cc2Cl)O1. The van der Waals surface area contributed by atoms with Crippen LogP contribution in [-0.4, -0.2) is 55.0 Å². The van der Waals surface area contributed by atoms with Gasteiger partial charge in [0.15, 0.2) is 11.6 Å². The molecule has 4 heterocycles. The molecular formula is C31H34Cl4N6O4. The van der Waals surface area contributed by atoms with Gasteiger partial charge in [-0.25, -0.2) is 9.97 Å². The van der Waals surface area contributed by atoms with Crippen molar-refractivity contribution in [1.29, 1.82) is 0 Å². The molecule has 45 heavy (non-hydrogen) atoms. The van der Waals surface area contributed by atoms with Crippen LogP contribution >= 0.6 is 46.4 Å². The van der Waals surface area contributed by atoms with E-state index in [0.29, 0.717) is 70.9 Å². The number of aromatic nitrogens is 6. The number of halogens is 4.